The summed E-state index contributed by atoms with van der Waals surface area (Å²) in [5.41, 5.74) is -0.312. The van der Waals surface area contributed by atoms with Crippen molar-refractivity contribution in [1.82, 2.24) is 4.90 Å². The number of Topliss-reactive ketones (excluding diaryl/α,β-unsaturated/α-hetero) is 1. The van der Waals surface area contributed by atoms with Crippen LogP contribution in [0, 0.1) is 5.92 Å². The van der Waals surface area contributed by atoms with Gasteiger partial charge in [-0.05, 0) is 67.4 Å². The minimum Gasteiger partial charge on any atom is -0.325 e. The fraction of sp³-hybridized carbons (Fsp3) is 0.250. The van der Waals surface area contributed by atoms with Gasteiger partial charge in [-0.2, -0.15) is 0 Å². The summed E-state index contributed by atoms with van der Waals surface area (Å²) in [6.07, 6.45) is 1.44. The lowest BCUT2D eigenvalue weighted by Crippen LogP contribution is -2.62. The van der Waals surface area contributed by atoms with Crippen LogP contribution in [0.2, 0.25) is 15.1 Å². The van der Waals surface area contributed by atoms with E-state index in [0.29, 0.717) is 45.5 Å². The summed E-state index contributed by atoms with van der Waals surface area (Å²) in [5, 5.41) is 7.09. The van der Waals surface area contributed by atoms with Crippen molar-refractivity contribution in [3.05, 3.63) is 92.4 Å². The van der Waals surface area contributed by atoms with Gasteiger partial charge in [-0.25, -0.2) is 0 Å². The second-order valence-electron chi connectivity index (χ2n) is 10.0. The smallest absolute Gasteiger partial charge is 0.251 e. The molecule has 2 fully saturated rings. The van der Waals surface area contributed by atoms with Crippen molar-refractivity contribution in [3.63, 3.8) is 0 Å². The van der Waals surface area contributed by atoms with Crippen molar-refractivity contribution in [2.75, 3.05) is 17.2 Å². The maximum absolute atomic E-state index is 14.6. The van der Waals surface area contributed by atoms with E-state index in [2.05, 4.69) is 15.5 Å². The Hall–Kier alpha value is -2.90. The molecule has 0 aliphatic carbocycles. The molecular weight excluding hydrogens is 533 g/mol. The van der Waals surface area contributed by atoms with E-state index < -0.39 is 16.9 Å². The highest BCUT2D eigenvalue weighted by molar-refractivity contribution is 6.37. The summed E-state index contributed by atoms with van der Waals surface area (Å²) < 4.78 is 0. The monoisotopic (exact) mass is 551 g/mol. The molecule has 4 atom stereocenters. The maximum atomic E-state index is 14.6. The van der Waals surface area contributed by atoms with Crippen molar-refractivity contribution in [3.8, 4) is 0 Å². The summed E-state index contributed by atoms with van der Waals surface area (Å²) in [7, 11) is 0. The molecule has 4 unspecified atom stereocenters. The molecule has 2 spiro atoms. The summed E-state index contributed by atoms with van der Waals surface area (Å²) in [5.74, 6) is -1.88. The number of amides is 2. The lowest BCUT2D eigenvalue weighted by Gasteiger charge is -2.43. The predicted octanol–water partition coefficient (Wildman–Crippen LogP) is 5.66. The standard InChI is InChI=1S/C28H20Cl3N3O3/c29-14-8-10-21-18(12-14)28(26(37)33-21)27(17-4-1-2-5-20(17)32-25(27)36)23(22-6-3-11-34(22)28)24(35)16-9-7-15(30)13-19(16)31/h1-2,4-5,7-10,12-13,22-23H,3,6,11H2,(H,32,36)(H,33,37). The molecule has 6 nitrogen and oxygen atoms in total. The highest BCUT2D eigenvalue weighted by atomic mass is 35.5. The van der Waals surface area contributed by atoms with E-state index in [4.69, 9.17) is 34.8 Å². The minimum atomic E-state index is -1.55. The van der Waals surface area contributed by atoms with Crippen molar-refractivity contribution < 1.29 is 14.4 Å². The molecule has 0 radical (unpaired) electrons. The average Bonchev–Trinajstić information content (AvgIpc) is 3.58. The molecule has 186 valence electrons. The molecule has 0 saturated carbocycles. The number of rotatable bonds is 2. The predicted molar refractivity (Wildman–Crippen MR) is 143 cm³/mol. The number of ketones is 1. The number of benzene rings is 3. The van der Waals surface area contributed by atoms with E-state index in [9.17, 15) is 14.4 Å². The van der Waals surface area contributed by atoms with Crippen LogP contribution in [0.1, 0.15) is 34.3 Å². The molecule has 9 heteroatoms. The molecule has 37 heavy (non-hydrogen) atoms. The Labute approximate surface area is 227 Å². The third-order valence-corrected chi connectivity index (χ3v) is 9.32. The fourth-order valence-electron chi connectivity index (χ4n) is 7.41. The molecule has 7 rings (SSSR count). The first kappa shape index (κ1) is 23.2. The fourth-order valence-corrected chi connectivity index (χ4v) is 8.08. The van der Waals surface area contributed by atoms with Gasteiger partial charge in [0.15, 0.2) is 5.78 Å². The molecule has 2 amide bonds. The number of nitrogens with zero attached hydrogens (tertiary/aromatic N) is 1. The van der Waals surface area contributed by atoms with Crippen LogP contribution in [0.4, 0.5) is 11.4 Å². The summed E-state index contributed by atoms with van der Waals surface area (Å²) in [6, 6.07) is 16.9. The second-order valence-corrected chi connectivity index (χ2v) is 11.3. The molecule has 4 aliphatic heterocycles. The van der Waals surface area contributed by atoms with Gasteiger partial charge in [0.05, 0.1) is 10.9 Å². The first-order valence-corrected chi connectivity index (χ1v) is 13.2. The van der Waals surface area contributed by atoms with Crippen LogP contribution < -0.4 is 10.6 Å². The van der Waals surface area contributed by atoms with Crippen LogP contribution in [0.3, 0.4) is 0 Å². The zero-order chi connectivity index (χ0) is 25.7. The number of carbonyl (C=O) groups excluding carboxylic acids is 3. The van der Waals surface area contributed by atoms with Gasteiger partial charge < -0.3 is 10.6 Å². The Balaban J connectivity index is 1.60. The van der Waals surface area contributed by atoms with Gasteiger partial charge in [-0.1, -0.05) is 53.0 Å². The largest absolute Gasteiger partial charge is 0.325 e. The van der Waals surface area contributed by atoms with E-state index in [1.54, 1.807) is 30.3 Å². The zero-order valence-electron chi connectivity index (χ0n) is 19.4. The molecule has 3 aromatic carbocycles. The Bertz CT molecular complexity index is 1560. The van der Waals surface area contributed by atoms with Crippen LogP contribution in [-0.4, -0.2) is 35.1 Å². The Morgan fingerprint density at radius 3 is 2.38 bits per heavy atom. The minimum absolute atomic E-state index is 0.212. The summed E-state index contributed by atoms with van der Waals surface area (Å²) in [4.78, 5) is 45.4. The van der Waals surface area contributed by atoms with Crippen molar-refractivity contribution in [2.24, 2.45) is 5.92 Å². The van der Waals surface area contributed by atoms with Gasteiger partial charge in [0.25, 0.3) is 5.91 Å². The third kappa shape index (κ3) is 2.69. The first-order valence-electron chi connectivity index (χ1n) is 12.1. The van der Waals surface area contributed by atoms with E-state index in [0.717, 1.165) is 6.42 Å². The normalized spacial score (nSPS) is 29.4. The summed E-state index contributed by atoms with van der Waals surface area (Å²) in [6.45, 7) is 0.555. The number of para-hydroxylation sites is 1. The SMILES string of the molecule is O=C(c1ccc(Cl)cc1Cl)C1C2CCCN2C2(C(=O)Nc3ccc(Cl)cc32)C12C(=O)Nc1ccccc12. The van der Waals surface area contributed by atoms with Crippen LogP contribution in [-0.2, 0) is 20.5 Å². The quantitative estimate of drug-likeness (QED) is 0.402. The first-order chi connectivity index (χ1) is 17.8. The van der Waals surface area contributed by atoms with Gasteiger partial charge in [-0.3, -0.25) is 19.3 Å². The van der Waals surface area contributed by atoms with Gasteiger partial charge in [-0.15, -0.1) is 0 Å². The number of carbonyl (C=O) groups is 3. The summed E-state index contributed by atoms with van der Waals surface area (Å²) >= 11 is 19.2. The molecule has 4 heterocycles. The highest BCUT2D eigenvalue weighted by Crippen LogP contribution is 2.68. The van der Waals surface area contributed by atoms with Gasteiger partial charge >= 0.3 is 0 Å². The Morgan fingerprint density at radius 2 is 1.57 bits per heavy atom. The second kappa shape index (κ2) is 7.81. The van der Waals surface area contributed by atoms with Crippen molar-refractivity contribution in [1.29, 1.82) is 0 Å². The number of hydrogen-bond acceptors (Lipinski definition) is 4. The zero-order valence-corrected chi connectivity index (χ0v) is 21.6. The van der Waals surface area contributed by atoms with Gasteiger partial charge in [0, 0.05) is 38.6 Å². The molecule has 0 aromatic heterocycles. The van der Waals surface area contributed by atoms with Crippen LogP contribution in [0.25, 0.3) is 0 Å². The van der Waals surface area contributed by atoms with Crippen molar-refractivity contribution >= 4 is 63.8 Å². The number of anilines is 2. The van der Waals surface area contributed by atoms with Gasteiger partial charge in [0.2, 0.25) is 5.91 Å². The van der Waals surface area contributed by atoms with E-state index >= 15 is 0 Å². The molecule has 0 bridgehead atoms. The number of hydrogen-bond donors (Lipinski definition) is 2. The van der Waals surface area contributed by atoms with Crippen LogP contribution in [0.5, 0.6) is 0 Å². The average molecular weight is 553 g/mol. The molecule has 3 aromatic rings. The topological polar surface area (TPSA) is 78.5 Å². The van der Waals surface area contributed by atoms with E-state index in [-0.39, 0.29) is 34.2 Å². The molecular formula is C28H20Cl3N3O3. The van der Waals surface area contributed by atoms with Crippen LogP contribution in [0.15, 0.2) is 60.7 Å². The van der Waals surface area contributed by atoms with E-state index in [1.165, 1.54) is 6.07 Å². The number of nitrogens with one attached hydrogen (secondary N) is 2. The van der Waals surface area contributed by atoms with Crippen molar-refractivity contribution in [2.45, 2.75) is 29.8 Å². The highest BCUT2D eigenvalue weighted by Gasteiger charge is 2.81. The lowest BCUT2D eigenvalue weighted by atomic mass is 9.57. The Kier molecular flexibility index (Phi) is 4.90. The van der Waals surface area contributed by atoms with E-state index in [1.807, 2.05) is 24.3 Å². The lowest BCUT2D eigenvalue weighted by molar-refractivity contribution is -0.137. The molecule has 4 aliphatic rings. The molecule has 2 N–H and O–H groups in total. The van der Waals surface area contributed by atoms with Crippen LogP contribution >= 0.6 is 34.8 Å². The number of halogens is 3. The van der Waals surface area contributed by atoms with Gasteiger partial charge in [0.1, 0.15) is 11.0 Å². The Morgan fingerprint density at radius 1 is 0.865 bits per heavy atom. The maximum Gasteiger partial charge on any atom is 0.251 e. The number of fused-ring (bicyclic) bond motifs is 7. The third-order valence-electron chi connectivity index (χ3n) is 8.54. The molecule has 2 saturated heterocycles.